The summed E-state index contributed by atoms with van der Waals surface area (Å²) in [4.78, 5) is 0. The molecule has 0 saturated heterocycles. The fraction of sp³-hybridized carbons (Fsp3) is 0.357. The monoisotopic (exact) mass is 358 g/mol. The number of hydrogen-bond acceptors (Lipinski definition) is 2. The van der Waals surface area contributed by atoms with Gasteiger partial charge in [-0.2, -0.15) is 14.0 Å². The van der Waals surface area contributed by atoms with Crippen molar-refractivity contribution < 1.29 is 17.9 Å². The molecule has 1 saturated carbocycles. The number of halogens is 4. The highest BCUT2D eigenvalue weighted by Crippen LogP contribution is 2.41. The number of fused-ring (bicyclic) bond motifs is 1. The number of ether oxygens (including phenoxy) is 1. The van der Waals surface area contributed by atoms with E-state index in [1.54, 1.807) is 6.20 Å². The zero-order valence-electron chi connectivity index (χ0n) is 10.7. The van der Waals surface area contributed by atoms with Crippen LogP contribution in [-0.4, -0.2) is 11.2 Å². The van der Waals surface area contributed by atoms with Gasteiger partial charge in [0.25, 0.3) is 0 Å². The maximum absolute atomic E-state index is 14.1. The van der Waals surface area contributed by atoms with Crippen LogP contribution in [0.3, 0.4) is 0 Å². The van der Waals surface area contributed by atoms with Crippen molar-refractivity contribution in [1.29, 1.82) is 5.26 Å². The van der Waals surface area contributed by atoms with Gasteiger partial charge in [-0.05, 0) is 35.2 Å². The van der Waals surface area contributed by atoms with Crippen LogP contribution in [0.1, 0.15) is 30.9 Å². The van der Waals surface area contributed by atoms with Crippen molar-refractivity contribution in [3.05, 3.63) is 28.1 Å². The van der Waals surface area contributed by atoms with Crippen molar-refractivity contribution in [1.82, 2.24) is 4.57 Å². The van der Waals surface area contributed by atoms with E-state index in [1.165, 1.54) is 6.07 Å². The lowest BCUT2D eigenvalue weighted by atomic mass is 9.93. The standard InChI is InChI=1S/C14H10BrF3N2O/c15-12-11-7(5-19)6-20(8-2-1-3-8)9(11)4-10(13(12)16)21-14(17)18/h4,6,8,14H,1-3H2. The van der Waals surface area contributed by atoms with Crippen molar-refractivity contribution in [2.75, 3.05) is 0 Å². The highest BCUT2D eigenvalue weighted by Gasteiger charge is 2.26. The summed E-state index contributed by atoms with van der Waals surface area (Å²) < 4.78 is 44.9. The normalized spacial score (nSPS) is 15.2. The summed E-state index contributed by atoms with van der Waals surface area (Å²) in [5.74, 6) is -1.45. The van der Waals surface area contributed by atoms with Crippen LogP contribution in [0.15, 0.2) is 16.7 Å². The summed E-state index contributed by atoms with van der Waals surface area (Å²) in [6.45, 7) is -3.11. The molecule has 1 aliphatic carbocycles. The Morgan fingerprint density at radius 2 is 2.14 bits per heavy atom. The van der Waals surface area contributed by atoms with E-state index < -0.39 is 18.2 Å². The second-order valence-corrected chi connectivity index (χ2v) is 5.71. The van der Waals surface area contributed by atoms with E-state index in [4.69, 9.17) is 0 Å². The zero-order valence-corrected chi connectivity index (χ0v) is 12.3. The molecule has 110 valence electrons. The first-order valence-corrected chi connectivity index (χ1v) is 7.19. The SMILES string of the molecule is N#Cc1cn(C2CCC2)c2cc(OC(F)F)c(F)c(Br)c12. The second-order valence-electron chi connectivity index (χ2n) is 4.92. The van der Waals surface area contributed by atoms with Gasteiger partial charge in [0.1, 0.15) is 6.07 Å². The number of rotatable bonds is 3. The summed E-state index contributed by atoms with van der Waals surface area (Å²) >= 11 is 3.05. The van der Waals surface area contributed by atoms with E-state index in [0.29, 0.717) is 16.5 Å². The summed E-state index contributed by atoms with van der Waals surface area (Å²) in [6.07, 6.45) is 4.63. The van der Waals surface area contributed by atoms with Crippen molar-refractivity contribution in [3.8, 4) is 11.8 Å². The molecule has 1 aromatic carbocycles. The molecule has 21 heavy (non-hydrogen) atoms. The zero-order chi connectivity index (χ0) is 15.1. The van der Waals surface area contributed by atoms with Crippen molar-refractivity contribution >= 4 is 26.8 Å². The minimum atomic E-state index is -3.11. The number of alkyl halides is 2. The number of hydrogen-bond donors (Lipinski definition) is 0. The molecule has 1 fully saturated rings. The van der Waals surface area contributed by atoms with E-state index in [2.05, 4.69) is 20.7 Å². The fourth-order valence-electron chi connectivity index (χ4n) is 2.56. The third kappa shape index (κ3) is 2.27. The first kappa shape index (κ1) is 14.3. The average molecular weight is 359 g/mol. The van der Waals surface area contributed by atoms with Crippen molar-refractivity contribution in [2.45, 2.75) is 31.9 Å². The molecule has 3 rings (SSSR count). The van der Waals surface area contributed by atoms with Gasteiger partial charge in [0.2, 0.25) is 0 Å². The minimum Gasteiger partial charge on any atom is -0.432 e. The molecule has 3 nitrogen and oxygen atoms in total. The van der Waals surface area contributed by atoms with Gasteiger partial charge in [-0.3, -0.25) is 0 Å². The Hall–Kier alpha value is -1.68. The molecule has 7 heteroatoms. The Morgan fingerprint density at radius 3 is 2.67 bits per heavy atom. The van der Waals surface area contributed by atoms with Crippen molar-refractivity contribution in [3.63, 3.8) is 0 Å². The van der Waals surface area contributed by atoms with E-state index in [9.17, 15) is 18.4 Å². The Kier molecular flexibility index (Phi) is 3.57. The quantitative estimate of drug-likeness (QED) is 0.794. The molecule has 0 bridgehead atoms. The van der Waals surface area contributed by atoms with E-state index in [-0.39, 0.29) is 10.5 Å². The van der Waals surface area contributed by atoms with Crippen LogP contribution < -0.4 is 4.74 Å². The molecule has 0 N–H and O–H groups in total. The van der Waals surface area contributed by atoms with Crippen LogP contribution in [-0.2, 0) is 0 Å². The summed E-state index contributed by atoms with van der Waals surface area (Å²) in [5, 5.41) is 9.59. The summed E-state index contributed by atoms with van der Waals surface area (Å²) in [7, 11) is 0. The number of nitriles is 1. The molecule has 0 amide bonds. The molecule has 0 unspecified atom stereocenters. The van der Waals surface area contributed by atoms with Crippen LogP contribution in [0, 0.1) is 17.1 Å². The van der Waals surface area contributed by atoms with Gasteiger partial charge in [-0.1, -0.05) is 0 Å². The highest BCUT2D eigenvalue weighted by molar-refractivity contribution is 9.10. The number of benzene rings is 1. The Labute approximate surface area is 127 Å². The predicted octanol–water partition coefficient (Wildman–Crippen LogP) is 4.74. The summed E-state index contributed by atoms with van der Waals surface area (Å²) in [6, 6.07) is 3.47. The Bertz CT molecular complexity index is 747. The second kappa shape index (κ2) is 5.26. The molecular formula is C14H10BrF3N2O. The maximum Gasteiger partial charge on any atom is 0.387 e. The van der Waals surface area contributed by atoms with Gasteiger partial charge in [0, 0.05) is 23.7 Å². The molecule has 1 heterocycles. The highest BCUT2D eigenvalue weighted by atomic mass is 79.9. The number of aromatic nitrogens is 1. The van der Waals surface area contributed by atoms with Gasteiger partial charge < -0.3 is 9.30 Å². The van der Waals surface area contributed by atoms with Gasteiger partial charge in [-0.15, -0.1) is 0 Å². The summed E-state index contributed by atoms with van der Waals surface area (Å²) in [5.41, 5.74) is 0.839. The Balaban J connectivity index is 2.25. The van der Waals surface area contributed by atoms with Gasteiger partial charge >= 0.3 is 6.61 Å². The van der Waals surface area contributed by atoms with Gasteiger partial charge in [0.05, 0.1) is 15.6 Å². The van der Waals surface area contributed by atoms with Crippen LogP contribution in [0.2, 0.25) is 0 Å². The van der Waals surface area contributed by atoms with E-state index in [1.807, 2.05) is 10.6 Å². The lowest BCUT2D eigenvalue weighted by Crippen LogP contribution is -2.16. The third-order valence-electron chi connectivity index (χ3n) is 3.77. The van der Waals surface area contributed by atoms with Crippen LogP contribution >= 0.6 is 15.9 Å². The predicted molar refractivity (Wildman–Crippen MR) is 73.8 cm³/mol. The largest absolute Gasteiger partial charge is 0.432 e. The molecule has 2 aromatic rings. The first-order chi connectivity index (χ1) is 10.0. The van der Waals surface area contributed by atoms with Crippen LogP contribution in [0.4, 0.5) is 13.2 Å². The molecule has 0 atom stereocenters. The maximum atomic E-state index is 14.1. The topological polar surface area (TPSA) is 38.0 Å². The van der Waals surface area contributed by atoms with Gasteiger partial charge in [-0.25, -0.2) is 4.39 Å². The molecule has 1 aliphatic rings. The minimum absolute atomic E-state index is 0.0229. The lowest BCUT2D eigenvalue weighted by Gasteiger charge is -2.28. The average Bonchev–Trinajstić information content (AvgIpc) is 2.72. The van der Waals surface area contributed by atoms with Crippen LogP contribution in [0.25, 0.3) is 10.9 Å². The van der Waals surface area contributed by atoms with E-state index in [0.717, 1.165) is 19.3 Å². The molecule has 0 aliphatic heterocycles. The lowest BCUT2D eigenvalue weighted by molar-refractivity contribution is -0.0521. The number of nitrogens with zero attached hydrogens (tertiary/aromatic N) is 2. The van der Waals surface area contributed by atoms with Gasteiger partial charge in [0.15, 0.2) is 11.6 Å². The first-order valence-electron chi connectivity index (χ1n) is 6.40. The van der Waals surface area contributed by atoms with E-state index >= 15 is 0 Å². The molecule has 0 radical (unpaired) electrons. The molecule has 0 spiro atoms. The molecular weight excluding hydrogens is 349 g/mol. The van der Waals surface area contributed by atoms with Crippen LogP contribution in [0.5, 0.6) is 5.75 Å². The molecule has 1 aromatic heterocycles. The Morgan fingerprint density at radius 1 is 1.43 bits per heavy atom. The fourth-order valence-corrected chi connectivity index (χ4v) is 3.17. The third-order valence-corrected chi connectivity index (χ3v) is 4.52. The van der Waals surface area contributed by atoms with Crippen molar-refractivity contribution in [2.24, 2.45) is 0 Å². The smallest absolute Gasteiger partial charge is 0.387 e.